The topological polar surface area (TPSA) is 61.4 Å². The lowest BCUT2D eigenvalue weighted by atomic mass is 9.87. The maximum Gasteiger partial charge on any atom is 0.241 e. The van der Waals surface area contributed by atoms with Crippen molar-refractivity contribution in [3.8, 4) is 0 Å². The zero-order chi connectivity index (χ0) is 21.4. The Bertz CT molecular complexity index is 1220. The molecule has 0 spiro atoms. The number of halogens is 1. The van der Waals surface area contributed by atoms with Crippen molar-refractivity contribution < 1.29 is 8.42 Å². The lowest BCUT2D eigenvalue weighted by molar-refractivity contribution is 0.506. The Morgan fingerprint density at radius 1 is 0.968 bits per heavy atom. The Labute approximate surface area is 188 Å². The Balaban J connectivity index is 1.43. The number of sulfonamides is 1. The molecular formula is C24H26ClN3O2S. The van der Waals surface area contributed by atoms with Gasteiger partial charge in [0.25, 0.3) is 0 Å². The molecule has 5 nitrogen and oxygen atoms in total. The largest absolute Gasteiger partial charge is 0.369 e. The molecule has 1 saturated heterocycles. The van der Waals surface area contributed by atoms with Crippen molar-refractivity contribution in [2.75, 3.05) is 31.1 Å². The quantitative estimate of drug-likeness (QED) is 0.629. The van der Waals surface area contributed by atoms with Crippen molar-refractivity contribution in [2.24, 2.45) is 0 Å². The van der Waals surface area contributed by atoms with Crippen LogP contribution in [0.15, 0.2) is 59.5 Å². The normalized spacial score (nSPS) is 19.4. The SMILES string of the molecule is O=S(=O)(N[C@@H]1CCc2cccc(N3CCNCC3)c2C1)c1cccc2c(Cl)cccc12. The van der Waals surface area contributed by atoms with Crippen LogP contribution in [0.4, 0.5) is 5.69 Å². The van der Waals surface area contributed by atoms with E-state index in [1.807, 2.05) is 12.1 Å². The number of aryl methyl sites for hydroxylation is 1. The average molecular weight is 456 g/mol. The van der Waals surface area contributed by atoms with Crippen molar-refractivity contribution in [3.63, 3.8) is 0 Å². The molecule has 1 fully saturated rings. The summed E-state index contributed by atoms with van der Waals surface area (Å²) in [4.78, 5) is 2.70. The molecule has 31 heavy (non-hydrogen) atoms. The Kier molecular flexibility index (Phi) is 5.65. The number of rotatable bonds is 4. The van der Waals surface area contributed by atoms with Gasteiger partial charge in [0.1, 0.15) is 0 Å². The van der Waals surface area contributed by atoms with Gasteiger partial charge in [-0.25, -0.2) is 13.1 Å². The standard InChI is InChI=1S/C24H26ClN3O2S/c25-22-7-2-6-20-19(22)5-3-9-24(20)31(29,30)27-18-11-10-17-4-1-8-23(21(17)16-18)28-14-12-26-13-15-28/h1-9,18,26-27H,10-16H2/t18-/m1/s1. The molecule has 2 aliphatic rings. The summed E-state index contributed by atoms with van der Waals surface area (Å²) in [6, 6.07) is 17.0. The average Bonchev–Trinajstić information content (AvgIpc) is 2.79. The molecule has 0 amide bonds. The highest BCUT2D eigenvalue weighted by molar-refractivity contribution is 7.89. The van der Waals surface area contributed by atoms with Gasteiger partial charge in [-0.15, -0.1) is 0 Å². The molecule has 3 aromatic rings. The molecular weight excluding hydrogens is 430 g/mol. The van der Waals surface area contributed by atoms with Gasteiger partial charge in [0.2, 0.25) is 10.0 Å². The van der Waals surface area contributed by atoms with Gasteiger partial charge in [-0.3, -0.25) is 0 Å². The first-order valence-corrected chi connectivity index (χ1v) is 12.6. The van der Waals surface area contributed by atoms with Crippen molar-refractivity contribution in [2.45, 2.75) is 30.2 Å². The summed E-state index contributed by atoms with van der Waals surface area (Å²) in [5, 5.41) is 5.36. The zero-order valence-corrected chi connectivity index (χ0v) is 18.8. The van der Waals surface area contributed by atoms with Gasteiger partial charge in [0.05, 0.1) is 4.90 Å². The van der Waals surface area contributed by atoms with Crippen LogP contribution in [0.5, 0.6) is 0 Å². The van der Waals surface area contributed by atoms with Crippen LogP contribution in [-0.4, -0.2) is 40.6 Å². The molecule has 0 bridgehead atoms. The zero-order valence-electron chi connectivity index (χ0n) is 17.3. The Morgan fingerprint density at radius 3 is 2.55 bits per heavy atom. The molecule has 1 heterocycles. The van der Waals surface area contributed by atoms with Gasteiger partial charge >= 0.3 is 0 Å². The first-order valence-electron chi connectivity index (χ1n) is 10.8. The Morgan fingerprint density at radius 2 is 1.71 bits per heavy atom. The van der Waals surface area contributed by atoms with E-state index in [2.05, 4.69) is 33.1 Å². The summed E-state index contributed by atoms with van der Waals surface area (Å²) in [5.41, 5.74) is 3.87. The first kappa shape index (κ1) is 20.8. The van der Waals surface area contributed by atoms with Crippen LogP contribution >= 0.6 is 11.6 Å². The maximum absolute atomic E-state index is 13.4. The number of hydrogen-bond acceptors (Lipinski definition) is 4. The van der Waals surface area contributed by atoms with Crippen LogP contribution in [0.3, 0.4) is 0 Å². The molecule has 2 N–H and O–H groups in total. The highest BCUT2D eigenvalue weighted by atomic mass is 35.5. The van der Waals surface area contributed by atoms with E-state index in [1.165, 1.54) is 16.8 Å². The van der Waals surface area contributed by atoms with Gasteiger partial charge < -0.3 is 10.2 Å². The third-order valence-corrected chi connectivity index (χ3v) is 8.27. The molecule has 5 rings (SSSR count). The number of hydrogen-bond donors (Lipinski definition) is 2. The summed E-state index contributed by atoms with van der Waals surface area (Å²) >= 11 is 6.29. The maximum atomic E-state index is 13.4. The van der Waals surface area contributed by atoms with E-state index in [4.69, 9.17) is 11.6 Å². The monoisotopic (exact) mass is 455 g/mol. The number of benzene rings is 3. The van der Waals surface area contributed by atoms with Gasteiger partial charge in [-0.05, 0) is 48.6 Å². The summed E-state index contributed by atoms with van der Waals surface area (Å²) in [5.74, 6) is 0. The number of nitrogens with one attached hydrogen (secondary N) is 2. The fourth-order valence-electron chi connectivity index (χ4n) is 4.83. The molecule has 0 aromatic heterocycles. The van der Waals surface area contributed by atoms with Crippen molar-refractivity contribution in [3.05, 3.63) is 70.7 Å². The van der Waals surface area contributed by atoms with Crippen LogP contribution in [0.2, 0.25) is 5.02 Å². The van der Waals surface area contributed by atoms with Crippen LogP contribution in [0.25, 0.3) is 10.8 Å². The second kappa shape index (κ2) is 8.43. The number of nitrogens with zero attached hydrogens (tertiary/aromatic N) is 1. The summed E-state index contributed by atoms with van der Waals surface area (Å²) in [7, 11) is -3.68. The van der Waals surface area contributed by atoms with Crippen molar-refractivity contribution >= 4 is 38.1 Å². The lowest BCUT2D eigenvalue weighted by Crippen LogP contribution is -2.45. The van der Waals surface area contributed by atoms with E-state index >= 15 is 0 Å². The van der Waals surface area contributed by atoms with Gasteiger partial charge in [0, 0.05) is 53.7 Å². The number of piperazine rings is 1. The third-order valence-electron chi connectivity index (χ3n) is 6.36. The number of fused-ring (bicyclic) bond motifs is 2. The van der Waals surface area contributed by atoms with E-state index in [0.717, 1.165) is 44.4 Å². The van der Waals surface area contributed by atoms with Gasteiger partial charge in [0.15, 0.2) is 0 Å². The molecule has 0 unspecified atom stereocenters. The summed E-state index contributed by atoms with van der Waals surface area (Å²) in [6.07, 6.45) is 2.38. The predicted octanol–water partition coefficient (Wildman–Crippen LogP) is 3.74. The smallest absolute Gasteiger partial charge is 0.241 e. The van der Waals surface area contributed by atoms with Crippen LogP contribution in [0, 0.1) is 0 Å². The highest BCUT2D eigenvalue weighted by Crippen LogP contribution is 2.33. The molecule has 1 aliphatic heterocycles. The molecule has 3 aromatic carbocycles. The fraction of sp³-hybridized carbons (Fsp3) is 0.333. The third kappa shape index (κ3) is 4.05. The van der Waals surface area contributed by atoms with E-state index < -0.39 is 10.0 Å². The van der Waals surface area contributed by atoms with Crippen molar-refractivity contribution in [1.82, 2.24) is 10.0 Å². The minimum absolute atomic E-state index is 0.129. The van der Waals surface area contributed by atoms with E-state index in [0.29, 0.717) is 16.8 Å². The fourth-order valence-corrected chi connectivity index (χ4v) is 6.56. The van der Waals surface area contributed by atoms with Crippen LogP contribution in [0.1, 0.15) is 17.5 Å². The van der Waals surface area contributed by atoms with Crippen LogP contribution < -0.4 is 14.9 Å². The van der Waals surface area contributed by atoms with E-state index in [-0.39, 0.29) is 10.9 Å². The van der Waals surface area contributed by atoms with Gasteiger partial charge in [-0.2, -0.15) is 0 Å². The molecule has 1 atom stereocenters. The summed E-state index contributed by atoms with van der Waals surface area (Å²) in [6.45, 7) is 3.90. The second-order valence-corrected chi connectivity index (χ2v) is 10.4. The van der Waals surface area contributed by atoms with E-state index in [1.54, 1.807) is 24.3 Å². The first-order chi connectivity index (χ1) is 15.0. The Hall–Kier alpha value is -2.12. The van der Waals surface area contributed by atoms with Crippen molar-refractivity contribution in [1.29, 1.82) is 0 Å². The molecule has 162 valence electrons. The molecule has 0 saturated carbocycles. The minimum Gasteiger partial charge on any atom is -0.369 e. The molecule has 7 heteroatoms. The van der Waals surface area contributed by atoms with Gasteiger partial charge in [-0.1, -0.05) is 48.0 Å². The number of anilines is 1. The van der Waals surface area contributed by atoms with E-state index in [9.17, 15) is 8.42 Å². The second-order valence-electron chi connectivity index (χ2n) is 8.30. The van der Waals surface area contributed by atoms with Crippen LogP contribution in [-0.2, 0) is 22.9 Å². The molecule has 0 radical (unpaired) electrons. The predicted molar refractivity (Wildman–Crippen MR) is 127 cm³/mol. The minimum atomic E-state index is -3.68. The molecule has 1 aliphatic carbocycles. The highest BCUT2D eigenvalue weighted by Gasteiger charge is 2.28. The summed E-state index contributed by atoms with van der Waals surface area (Å²) < 4.78 is 29.7. The lowest BCUT2D eigenvalue weighted by Gasteiger charge is -2.34.